The van der Waals surface area contributed by atoms with E-state index in [2.05, 4.69) is 10.6 Å². The SMILES string of the molecule is CN(C(=O)NC1CC(Cc2ccc(F)cc2)CCN1)c1cccc(Cl)c1. The number of amides is 2. The van der Waals surface area contributed by atoms with Gasteiger partial charge < -0.3 is 5.32 Å². The highest BCUT2D eigenvalue weighted by atomic mass is 35.5. The minimum atomic E-state index is -0.215. The number of hydrogen-bond acceptors (Lipinski definition) is 2. The molecule has 1 saturated heterocycles. The predicted molar refractivity (Wildman–Crippen MR) is 103 cm³/mol. The summed E-state index contributed by atoms with van der Waals surface area (Å²) in [5.74, 6) is 0.233. The van der Waals surface area contributed by atoms with Crippen molar-refractivity contribution in [2.75, 3.05) is 18.5 Å². The zero-order valence-corrected chi connectivity index (χ0v) is 15.5. The molecular formula is C20H23ClFN3O. The number of nitrogens with zero attached hydrogens (tertiary/aromatic N) is 1. The molecule has 1 fully saturated rings. The fraction of sp³-hybridized carbons (Fsp3) is 0.350. The molecule has 2 aromatic rings. The van der Waals surface area contributed by atoms with Gasteiger partial charge in [0.15, 0.2) is 0 Å². The van der Waals surface area contributed by atoms with Crippen molar-refractivity contribution in [3.63, 3.8) is 0 Å². The van der Waals surface area contributed by atoms with E-state index in [1.807, 2.05) is 24.3 Å². The van der Waals surface area contributed by atoms with E-state index >= 15 is 0 Å². The van der Waals surface area contributed by atoms with Crippen LogP contribution < -0.4 is 15.5 Å². The van der Waals surface area contributed by atoms with Gasteiger partial charge in [0.05, 0.1) is 6.17 Å². The molecule has 1 aliphatic heterocycles. The van der Waals surface area contributed by atoms with Gasteiger partial charge in [-0.25, -0.2) is 9.18 Å². The topological polar surface area (TPSA) is 44.4 Å². The molecule has 1 heterocycles. The van der Waals surface area contributed by atoms with E-state index in [-0.39, 0.29) is 18.0 Å². The van der Waals surface area contributed by atoms with E-state index in [0.717, 1.165) is 37.1 Å². The van der Waals surface area contributed by atoms with Crippen molar-refractivity contribution >= 4 is 23.3 Å². The van der Waals surface area contributed by atoms with Gasteiger partial charge in [-0.15, -0.1) is 0 Å². The Labute approximate surface area is 158 Å². The van der Waals surface area contributed by atoms with Crippen molar-refractivity contribution in [1.29, 1.82) is 0 Å². The van der Waals surface area contributed by atoms with Gasteiger partial charge in [0.2, 0.25) is 0 Å². The first-order valence-electron chi connectivity index (χ1n) is 8.79. The number of nitrogens with one attached hydrogen (secondary N) is 2. The molecule has 0 aromatic heterocycles. The lowest BCUT2D eigenvalue weighted by Gasteiger charge is -2.32. The first-order valence-corrected chi connectivity index (χ1v) is 9.16. The van der Waals surface area contributed by atoms with E-state index in [9.17, 15) is 9.18 Å². The third-order valence-corrected chi connectivity index (χ3v) is 4.98. The number of urea groups is 1. The van der Waals surface area contributed by atoms with Crippen molar-refractivity contribution in [2.45, 2.75) is 25.4 Å². The molecule has 2 atom stereocenters. The molecule has 2 unspecified atom stereocenters. The van der Waals surface area contributed by atoms with E-state index in [0.29, 0.717) is 10.9 Å². The maximum absolute atomic E-state index is 13.0. The number of carbonyl (C=O) groups is 1. The van der Waals surface area contributed by atoms with Crippen molar-refractivity contribution in [1.82, 2.24) is 10.6 Å². The van der Waals surface area contributed by atoms with Crippen LogP contribution in [0.1, 0.15) is 18.4 Å². The van der Waals surface area contributed by atoms with Crippen molar-refractivity contribution in [3.8, 4) is 0 Å². The number of piperidine rings is 1. The molecular weight excluding hydrogens is 353 g/mol. The Bertz CT molecular complexity index is 753. The second-order valence-electron chi connectivity index (χ2n) is 6.72. The van der Waals surface area contributed by atoms with Crippen LogP contribution in [0.5, 0.6) is 0 Å². The van der Waals surface area contributed by atoms with Crippen molar-refractivity contribution in [2.24, 2.45) is 5.92 Å². The fourth-order valence-electron chi connectivity index (χ4n) is 3.29. The monoisotopic (exact) mass is 375 g/mol. The molecule has 1 aliphatic rings. The number of anilines is 1. The molecule has 0 saturated carbocycles. The third kappa shape index (κ3) is 4.96. The molecule has 0 spiro atoms. The summed E-state index contributed by atoms with van der Waals surface area (Å²) in [6.45, 7) is 0.845. The van der Waals surface area contributed by atoms with Gasteiger partial charge >= 0.3 is 6.03 Å². The number of halogens is 2. The minimum Gasteiger partial charge on any atom is -0.322 e. The Morgan fingerprint density at radius 2 is 2.08 bits per heavy atom. The van der Waals surface area contributed by atoms with Gasteiger partial charge in [0.1, 0.15) is 5.82 Å². The number of carbonyl (C=O) groups excluding carboxylic acids is 1. The van der Waals surface area contributed by atoms with Gasteiger partial charge in [0.25, 0.3) is 0 Å². The maximum atomic E-state index is 13.0. The molecule has 2 amide bonds. The molecule has 0 radical (unpaired) electrons. The van der Waals surface area contributed by atoms with E-state index in [4.69, 9.17) is 11.6 Å². The Hall–Kier alpha value is -2.11. The molecule has 0 aliphatic carbocycles. The van der Waals surface area contributed by atoms with Crippen LogP contribution in [-0.4, -0.2) is 25.8 Å². The van der Waals surface area contributed by atoms with Crippen LogP contribution in [-0.2, 0) is 6.42 Å². The highest BCUT2D eigenvalue weighted by Crippen LogP contribution is 2.22. The zero-order chi connectivity index (χ0) is 18.5. The molecule has 0 bridgehead atoms. The standard InChI is InChI=1S/C20H23ClFN3O/c1-25(18-4-2-3-16(21)13-18)20(26)24-19-12-15(9-10-23-19)11-14-5-7-17(22)8-6-14/h2-8,13,15,19,23H,9-12H2,1H3,(H,24,26). The first kappa shape index (κ1) is 18.7. The lowest BCUT2D eigenvalue weighted by atomic mass is 9.89. The normalized spacial score (nSPS) is 19.8. The molecule has 4 nitrogen and oxygen atoms in total. The van der Waals surface area contributed by atoms with E-state index in [1.165, 1.54) is 12.1 Å². The number of hydrogen-bond donors (Lipinski definition) is 2. The average Bonchev–Trinajstić information content (AvgIpc) is 2.63. The predicted octanol–water partition coefficient (Wildman–Crippen LogP) is 4.19. The number of benzene rings is 2. The summed E-state index contributed by atoms with van der Waals surface area (Å²) in [5, 5.41) is 6.98. The van der Waals surface area contributed by atoms with Crippen LogP contribution in [0.2, 0.25) is 5.02 Å². The van der Waals surface area contributed by atoms with E-state index in [1.54, 1.807) is 24.1 Å². The molecule has 6 heteroatoms. The smallest absolute Gasteiger partial charge is 0.322 e. The van der Waals surface area contributed by atoms with Crippen molar-refractivity contribution in [3.05, 3.63) is 64.9 Å². The summed E-state index contributed by atoms with van der Waals surface area (Å²) in [6, 6.07) is 13.7. The summed E-state index contributed by atoms with van der Waals surface area (Å²) in [6.07, 6.45) is 2.68. The highest BCUT2D eigenvalue weighted by Gasteiger charge is 2.24. The lowest BCUT2D eigenvalue weighted by molar-refractivity contribution is 0.226. The van der Waals surface area contributed by atoms with Crippen molar-refractivity contribution < 1.29 is 9.18 Å². The van der Waals surface area contributed by atoms with Gasteiger partial charge in [-0.3, -0.25) is 10.2 Å². The second-order valence-corrected chi connectivity index (χ2v) is 7.15. The average molecular weight is 376 g/mol. The molecule has 138 valence electrons. The molecule has 2 N–H and O–H groups in total. The van der Waals surface area contributed by atoms with Gasteiger partial charge in [-0.2, -0.15) is 0 Å². The maximum Gasteiger partial charge on any atom is 0.322 e. The Kier molecular flexibility index (Phi) is 6.12. The molecule has 2 aromatic carbocycles. The Balaban J connectivity index is 1.55. The summed E-state index contributed by atoms with van der Waals surface area (Å²) in [5.41, 5.74) is 1.87. The summed E-state index contributed by atoms with van der Waals surface area (Å²) >= 11 is 6.00. The zero-order valence-electron chi connectivity index (χ0n) is 14.7. The van der Waals surface area contributed by atoms with Gasteiger partial charge in [0, 0.05) is 17.8 Å². The quantitative estimate of drug-likeness (QED) is 0.841. The first-order chi connectivity index (χ1) is 12.5. The van der Waals surface area contributed by atoms with Crippen LogP contribution in [0.4, 0.5) is 14.9 Å². The Morgan fingerprint density at radius 1 is 1.31 bits per heavy atom. The fourth-order valence-corrected chi connectivity index (χ4v) is 3.48. The van der Waals surface area contributed by atoms with E-state index < -0.39 is 0 Å². The van der Waals surface area contributed by atoms with Gasteiger partial charge in [-0.1, -0.05) is 29.8 Å². The minimum absolute atomic E-state index is 0.0802. The summed E-state index contributed by atoms with van der Waals surface area (Å²) in [7, 11) is 1.72. The van der Waals surface area contributed by atoms with Crippen LogP contribution in [0, 0.1) is 11.7 Å². The molecule has 3 rings (SSSR count). The second kappa shape index (κ2) is 8.52. The summed E-state index contributed by atoms with van der Waals surface area (Å²) < 4.78 is 13.0. The van der Waals surface area contributed by atoms with Crippen LogP contribution in [0.25, 0.3) is 0 Å². The molecule has 26 heavy (non-hydrogen) atoms. The lowest BCUT2D eigenvalue weighted by Crippen LogP contribution is -2.53. The Morgan fingerprint density at radius 3 is 2.81 bits per heavy atom. The van der Waals surface area contributed by atoms with Gasteiger partial charge in [-0.05, 0) is 67.6 Å². The summed E-state index contributed by atoms with van der Waals surface area (Å²) in [4.78, 5) is 14.1. The van der Waals surface area contributed by atoms with Crippen LogP contribution >= 0.6 is 11.6 Å². The van der Waals surface area contributed by atoms with Crippen LogP contribution in [0.15, 0.2) is 48.5 Å². The third-order valence-electron chi connectivity index (χ3n) is 4.75. The number of rotatable bonds is 4. The highest BCUT2D eigenvalue weighted by molar-refractivity contribution is 6.30. The van der Waals surface area contributed by atoms with Crippen LogP contribution in [0.3, 0.4) is 0 Å². The largest absolute Gasteiger partial charge is 0.322 e.